The molecule has 1 unspecified atom stereocenters. The van der Waals surface area contributed by atoms with Crippen molar-refractivity contribution in [3.8, 4) is 0 Å². The molecule has 1 aromatic rings. The highest BCUT2D eigenvalue weighted by molar-refractivity contribution is 5.84. The minimum absolute atomic E-state index is 0.294. The van der Waals surface area contributed by atoms with Crippen molar-refractivity contribution in [2.24, 2.45) is 4.99 Å². The van der Waals surface area contributed by atoms with Gasteiger partial charge in [0.25, 0.3) is 0 Å². The first-order valence-corrected chi connectivity index (χ1v) is 5.99. The fraction of sp³-hybridized carbons (Fsp3) is 0.429. The number of rotatable bonds is 3. The van der Waals surface area contributed by atoms with Crippen LogP contribution in [-0.2, 0) is 9.53 Å². The number of anilines is 1. The standard InChI is InChI=1S/C14H18N2O3/c1-10(15-9-17)11-6-5-7-12(8-11)16-13(18)19-14(2,3)4/h5-8,10H,1-4H3,(H,16,18). The summed E-state index contributed by atoms with van der Waals surface area (Å²) in [6, 6.07) is 6.79. The van der Waals surface area contributed by atoms with Crippen molar-refractivity contribution in [2.75, 3.05) is 5.32 Å². The molecule has 0 bridgehead atoms. The van der Waals surface area contributed by atoms with Crippen LogP contribution in [0.15, 0.2) is 29.3 Å². The van der Waals surface area contributed by atoms with Gasteiger partial charge in [-0.25, -0.2) is 9.59 Å². The summed E-state index contributed by atoms with van der Waals surface area (Å²) in [6.45, 7) is 7.16. The van der Waals surface area contributed by atoms with Crippen LogP contribution in [0, 0.1) is 0 Å². The van der Waals surface area contributed by atoms with E-state index in [1.807, 2.05) is 6.07 Å². The number of aliphatic imine (C=N–C) groups is 1. The van der Waals surface area contributed by atoms with Crippen LogP contribution in [0.1, 0.15) is 39.3 Å². The Kier molecular flexibility index (Phi) is 4.84. The Balaban J connectivity index is 2.77. The average molecular weight is 262 g/mol. The van der Waals surface area contributed by atoms with Crippen molar-refractivity contribution in [1.82, 2.24) is 0 Å². The largest absolute Gasteiger partial charge is 0.444 e. The summed E-state index contributed by atoms with van der Waals surface area (Å²) in [5.74, 6) is 0. The van der Waals surface area contributed by atoms with Gasteiger partial charge in [0, 0.05) is 5.69 Å². The van der Waals surface area contributed by atoms with E-state index < -0.39 is 11.7 Å². The van der Waals surface area contributed by atoms with Gasteiger partial charge in [0.15, 0.2) is 0 Å². The van der Waals surface area contributed by atoms with Crippen LogP contribution in [-0.4, -0.2) is 17.8 Å². The summed E-state index contributed by atoms with van der Waals surface area (Å²) in [7, 11) is 0. The summed E-state index contributed by atoms with van der Waals surface area (Å²) < 4.78 is 5.15. The molecule has 19 heavy (non-hydrogen) atoms. The third kappa shape index (κ3) is 5.36. The Hall–Kier alpha value is -2.13. The van der Waals surface area contributed by atoms with Crippen molar-refractivity contribution in [1.29, 1.82) is 0 Å². The quantitative estimate of drug-likeness (QED) is 0.670. The fourth-order valence-corrected chi connectivity index (χ4v) is 1.45. The van der Waals surface area contributed by atoms with E-state index in [1.165, 1.54) is 6.08 Å². The van der Waals surface area contributed by atoms with Gasteiger partial charge in [0.05, 0.1) is 6.04 Å². The Morgan fingerprint density at radius 3 is 2.68 bits per heavy atom. The summed E-state index contributed by atoms with van der Waals surface area (Å²) in [4.78, 5) is 25.5. The predicted octanol–water partition coefficient (Wildman–Crippen LogP) is 3.43. The summed E-state index contributed by atoms with van der Waals surface area (Å²) in [5, 5.41) is 2.63. The van der Waals surface area contributed by atoms with E-state index >= 15 is 0 Å². The first-order valence-electron chi connectivity index (χ1n) is 5.99. The highest BCUT2D eigenvalue weighted by atomic mass is 16.6. The molecule has 0 fully saturated rings. The minimum Gasteiger partial charge on any atom is -0.444 e. The lowest BCUT2D eigenvalue weighted by atomic mass is 10.1. The summed E-state index contributed by atoms with van der Waals surface area (Å²) >= 11 is 0. The van der Waals surface area contributed by atoms with Crippen molar-refractivity contribution >= 4 is 17.9 Å². The number of carbonyl (C=O) groups excluding carboxylic acids is 2. The molecule has 0 saturated heterocycles. The topological polar surface area (TPSA) is 67.8 Å². The zero-order chi connectivity index (χ0) is 14.5. The zero-order valence-corrected chi connectivity index (χ0v) is 11.6. The minimum atomic E-state index is -0.545. The van der Waals surface area contributed by atoms with Gasteiger partial charge in [-0.05, 0) is 45.4 Å². The van der Waals surface area contributed by atoms with E-state index in [0.717, 1.165) is 5.56 Å². The Morgan fingerprint density at radius 2 is 2.11 bits per heavy atom. The molecule has 0 aliphatic rings. The van der Waals surface area contributed by atoms with Crippen LogP contribution in [0.2, 0.25) is 0 Å². The lowest BCUT2D eigenvalue weighted by Gasteiger charge is -2.19. The number of carbonyl (C=O) groups is 1. The number of benzene rings is 1. The third-order valence-corrected chi connectivity index (χ3v) is 2.26. The van der Waals surface area contributed by atoms with Gasteiger partial charge in [0.2, 0.25) is 6.08 Å². The molecule has 1 amide bonds. The van der Waals surface area contributed by atoms with Gasteiger partial charge in [-0.15, -0.1) is 0 Å². The number of isocyanates is 1. The van der Waals surface area contributed by atoms with Gasteiger partial charge in [-0.2, -0.15) is 4.99 Å². The number of hydrogen-bond acceptors (Lipinski definition) is 4. The SMILES string of the molecule is CC(N=C=O)c1cccc(NC(=O)OC(C)(C)C)c1. The lowest BCUT2D eigenvalue weighted by Crippen LogP contribution is -2.27. The summed E-state index contributed by atoms with van der Waals surface area (Å²) in [6.07, 6.45) is 1.00. The molecular weight excluding hydrogens is 244 g/mol. The summed E-state index contributed by atoms with van der Waals surface area (Å²) in [5.41, 5.74) is 0.869. The second kappa shape index (κ2) is 6.16. The molecule has 1 aromatic carbocycles. The molecular formula is C14H18N2O3. The highest BCUT2D eigenvalue weighted by Crippen LogP contribution is 2.20. The second-order valence-electron chi connectivity index (χ2n) is 5.15. The number of hydrogen-bond donors (Lipinski definition) is 1. The van der Waals surface area contributed by atoms with Gasteiger partial charge < -0.3 is 4.74 Å². The molecule has 1 N–H and O–H groups in total. The van der Waals surface area contributed by atoms with Crippen molar-refractivity contribution in [3.63, 3.8) is 0 Å². The number of nitrogens with zero attached hydrogens (tertiary/aromatic N) is 1. The Bertz CT molecular complexity index is 500. The molecule has 0 aliphatic heterocycles. The average Bonchev–Trinajstić information content (AvgIpc) is 2.27. The van der Waals surface area contributed by atoms with E-state index in [1.54, 1.807) is 45.9 Å². The first kappa shape index (κ1) is 14.9. The molecule has 0 saturated carbocycles. The van der Waals surface area contributed by atoms with Gasteiger partial charge in [-0.1, -0.05) is 12.1 Å². The van der Waals surface area contributed by atoms with Gasteiger partial charge >= 0.3 is 6.09 Å². The number of amides is 1. The molecule has 0 aromatic heterocycles. The molecule has 1 rings (SSSR count). The molecule has 0 spiro atoms. The van der Waals surface area contributed by atoms with E-state index in [2.05, 4.69) is 10.3 Å². The maximum Gasteiger partial charge on any atom is 0.412 e. The van der Waals surface area contributed by atoms with E-state index in [9.17, 15) is 9.59 Å². The van der Waals surface area contributed by atoms with Crippen LogP contribution < -0.4 is 5.32 Å². The van der Waals surface area contributed by atoms with Crippen molar-refractivity contribution in [3.05, 3.63) is 29.8 Å². The number of ether oxygens (including phenoxy) is 1. The van der Waals surface area contributed by atoms with Crippen LogP contribution in [0.5, 0.6) is 0 Å². The highest BCUT2D eigenvalue weighted by Gasteiger charge is 2.16. The van der Waals surface area contributed by atoms with Crippen molar-refractivity contribution < 1.29 is 14.3 Å². The zero-order valence-electron chi connectivity index (χ0n) is 11.6. The Morgan fingerprint density at radius 1 is 1.42 bits per heavy atom. The molecule has 5 nitrogen and oxygen atoms in total. The van der Waals surface area contributed by atoms with E-state index in [-0.39, 0.29) is 6.04 Å². The number of nitrogens with one attached hydrogen (secondary N) is 1. The monoisotopic (exact) mass is 262 g/mol. The fourth-order valence-electron chi connectivity index (χ4n) is 1.45. The predicted molar refractivity (Wildman–Crippen MR) is 72.8 cm³/mol. The first-order chi connectivity index (χ1) is 8.81. The van der Waals surface area contributed by atoms with E-state index in [4.69, 9.17) is 4.74 Å². The molecule has 0 radical (unpaired) electrons. The molecule has 1 atom stereocenters. The maximum absolute atomic E-state index is 11.6. The van der Waals surface area contributed by atoms with E-state index in [0.29, 0.717) is 5.69 Å². The van der Waals surface area contributed by atoms with Crippen LogP contribution in [0.25, 0.3) is 0 Å². The smallest absolute Gasteiger partial charge is 0.412 e. The lowest BCUT2D eigenvalue weighted by molar-refractivity contribution is 0.0636. The van der Waals surface area contributed by atoms with Crippen molar-refractivity contribution in [2.45, 2.75) is 39.3 Å². The third-order valence-electron chi connectivity index (χ3n) is 2.26. The van der Waals surface area contributed by atoms with Crippen LogP contribution in [0.3, 0.4) is 0 Å². The normalized spacial score (nSPS) is 12.2. The van der Waals surface area contributed by atoms with Gasteiger partial charge in [0.1, 0.15) is 5.60 Å². The maximum atomic E-state index is 11.6. The molecule has 0 heterocycles. The Labute approximate surface area is 112 Å². The molecule has 5 heteroatoms. The second-order valence-corrected chi connectivity index (χ2v) is 5.15. The van der Waals surface area contributed by atoms with Gasteiger partial charge in [-0.3, -0.25) is 5.32 Å². The molecule has 0 aliphatic carbocycles. The van der Waals surface area contributed by atoms with Crippen LogP contribution in [0.4, 0.5) is 10.5 Å². The van der Waals surface area contributed by atoms with Crippen LogP contribution >= 0.6 is 0 Å². The molecule has 102 valence electrons.